The first-order valence-electron chi connectivity index (χ1n) is 13.9. The van der Waals surface area contributed by atoms with E-state index in [1.807, 2.05) is 60.7 Å². The van der Waals surface area contributed by atoms with E-state index in [9.17, 15) is 39.3 Å². The molecule has 0 saturated carbocycles. The summed E-state index contributed by atoms with van der Waals surface area (Å²) in [5.41, 5.74) is 1.73. The van der Waals surface area contributed by atoms with Gasteiger partial charge < -0.3 is 50.5 Å². The summed E-state index contributed by atoms with van der Waals surface area (Å²) in [5.74, 6) is -5.07. The molecule has 2 aromatic rings. The molecule has 15 nitrogen and oxygen atoms in total. The van der Waals surface area contributed by atoms with E-state index in [1.165, 1.54) is 14.7 Å². The molecule has 2 aromatic carbocycles. The van der Waals surface area contributed by atoms with E-state index in [0.29, 0.717) is 0 Å². The van der Waals surface area contributed by atoms with Gasteiger partial charge in [-0.05, 0) is 11.1 Å². The van der Waals surface area contributed by atoms with Gasteiger partial charge in [-0.2, -0.15) is 0 Å². The van der Waals surface area contributed by atoms with E-state index in [4.69, 9.17) is 10.2 Å². The third-order valence-electron chi connectivity index (χ3n) is 5.92. The van der Waals surface area contributed by atoms with Crippen molar-refractivity contribution in [3.63, 3.8) is 0 Å². The van der Waals surface area contributed by atoms with Crippen LogP contribution in [0.2, 0.25) is 0 Å². The minimum absolute atomic E-state index is 0. The first kappa shape index (κ1) is 44.8. The Morgan fingerprint density at radius 3 is 1.11 bits per heavy atom. The molecule has 4 N–H and O–H groups in total. The fraction of sp³-hybridized carbons (Fsp3) is 0.433. The van der Waals surface area contributed by atoms with Crippen LogP contribution in [0.15, 0.2) is 60.7 Å². The van der Waals surface area contributed by atoms with Gasteiger partial charge in [-0.3, -0.25) is 24.3 Å². The third-order valence-corrected chi connectivity index (χ3v) is 5.92. The van der Waals surface area contributed by atoms with Crippen molar-refractivity contribution in [2.45, 2.75) is 13.1 Å². The van der Waals surface area contributed by atoms with Crippen molar-refractivity contribution >= 4 is 29.7 Å². The Morgan fingerprint density at radius 2 is 0.804 bits per heavy atom. The van der Waals surface area contributed by atoms with Crippen molar-refractivity contribution in [2.24, 2.45) is 0 Å². The van der Waals surface area contributed by atoms with E-state index in [1.54, 1.807) is 0 Å². The van der Waals surface area contributed by atoms with E-state index in [-0.39, 0.29) is 85.1 Å². The number of rotatable bonds is 20. The maximum absolute atomic E-state index is 12.4. The number of aliphatic hydroxyl groups excluding tert-OH is 2. The van der Waals surface area contributed by atoms with Gasteiger partial charge >= 0.3 is 32.7 Å². The van der Waals surface area contributed by atoms with Crippen LogP contribution in [0.25, 0.3) is 0 Å². The van der Waals surface area contributed by atoms with Crippen LogP contribution in [-0.4, -0.2) is 128 Å². The van der Waals surface area contributed by atoms with Crippen molar-refractivity contribution in [3.05, 3.63) is 71.8 Å². The molecule has 0 spiro atoms. The summed E-state index contributed by atoms with van der Waals surface area (Å²) in [6, 6.07) is 18.3. The number of aliphatic hydroxyl groups is 2. The molecule has 46 heavy (non-hydrogen) atoms. The molecule has 0 bridgehead atoms. The molecular formula is C30H42N5O10Y. The molecule has 0 saturated heterocycles. The number of benzene rings is 2. The summed E-state index contributed by atoms with van der Waals surface area (Å²) in [6.07, 6.45) is 0. The Morgan fingerprint density at radius 1 is 0.522 bits per heavy atom. The van der Waals surface area contributed by atoms with Gasteiger partial charge in [0.2, 0.25) is 11.8 Å². The van der Waals surface area contributed by atoms with Gasteiger partial charge in [0.05, 0.1) is 31.0 Å². The number of hydrogen-bond acceptors (Lipinski definition) is 13. The van der Waals surface area contributed by atoms with Gasteiger partial charge in [0.1, 0.15) is 0 Å². The minimum Gasteiger partial charge on any atom is -0.549 e. The van der Waals surface area contributed by atoms with Crippen LogP contribution in [0, 0.1) is 0 Å². The second-order valence-electron chi connectivity index (χ2n) is 9.34. The van der Waals surface area contributed by atoms with Crippen LogP contribution < -0.4 is 26.0 Å². The molecule has 0 heterocycles. The van der Waals surface area contributed by atoms with Crippen LogP contribution in [-0.2, 0) is 69.8 Å². The molecule has 0 aromatic heterocycles. The normalized spacial score (nSPS) is 10.1. The smallest absolute Gasteiger partial charge is 0.549 e. The average Bonchev–Trinajstić information content (AvgIpc) is 3.02. The number of amides is 2. The molecule has 16 heteroatoms. The van der Waals surface area contributed by atoms with E-state index < -0.39 is 49.4 Å². The molecule has 0 aliphatic rings. The van der Waals surface area contributed by atoms with Crippen molar-refractivity contribution in [3.8, 4) is 0 Å². The molecule has 0 unspecified atom stereocenters. The number of carbonyl (C=O) groups is 5. The van der Waals surface area contributed by atoms with Crippen LogP contribution in [0.5, 0.6) is 0 Å². The molecule has 2 amide bonds. The molecular weight excluding hydrogens is 679 g/mol. The number of nitrogens with one attached hydrogen (secondary N) is 2. The molecule has 0 radical (unpaired) electrons. The Balaban J connectivity index is 0. The minimum atomic E-state index is -1.41. The fourth-order valence-corrected chi connectivity index (χ4v) is 3.92. The zero-order valence-electron chi connectivity index (χ0n) is 26.1. The number of aliphatic carboxylic acids is 3. The second-order valence-corrected chi connectivity index (χ2v) is 9.34. The number of carboxylic acid groups (broad SMARTS) is 3. The zero-order chi connectivity index (χ0) is 34.0. The SMILES string of the molecule is CO.CO.O=C([O-])CN(CCN(CC(=O)[O-])CC(=O)NCc1ccccc1)CCN(CC(=O)[O-])CC(=O)NCc1ccccc1.[Y+3]. The first-order chi connectivity index (χ1) is 21.6. The summed E-state index contributed by atoms with van der Waals surface area (Å²) in [6.45, 7) is -1.64. The van der Waals surface area contributed by atoms with Gasteiger partial charge in [0, 0.05) is 73.1 Å². The van der Waals surface area contributed by atoms with E-state index in [2.05, 4.69) is 10.6 Å². The topological polar surface area (TPSA) is 229 Å². The predicted molar refractivity (Wildman–Crippen MR) is 157 cm³/mol. The molecule has 0 fully saturated rings. The average molecular weight is 722 g/mol. The number of hydrogen-bond donors (Lipinski definition) is 4. The molecule has 0 atom stereocenters. The third kappa shape index (κ3) is 23.1. The molecule has 2 rings (SSSR count). The summed E-state index contributed by atoms with van der Waals surface area (Å²) < 4.78 is 0. The van der Waals surface area contributed by atoms with Crippen LogP contribution in [0.3, 0.4) is 0 Å². The van der Waals surface area contributed by atoms with Crippen molar-refractivity contribution in [2.75, 3.05) is 73.1 Å². The Bertz CT molecular complexity index is 1060. The first-order valence-corrected chi connectivity index (χ1v) is 13.9. The summed E-state index contributed by atoms with van der Waals surface area (Å²) in [5, 5.41) is 53.2. The van der Waals surface area contributed by atoms with E-state index in [0.717, 1.165) is 25.3 Å². The van der Waals surface area contributed by atoms with Crippen LogP contribution >= 0.6 is 0 Å². The number of carboxylic acids is 3. The van der Waals surface area contributed by atoms with Gasteiger partial charge in [0.15, 0.2) is 0 Å². The molecule has 0 aliphatic heterocycles. The summed E-state index contributed by atoms with van der Waals surface area (Å²) in [7, 11) is 2.00. The fourth-order valence-electron chi connectivity index (χ4n) is 3.92. The van der Waals surface area contributed by atoms with E-state index >= 15 is 0 Å². The van der Waals surface area contributed by atoms with Crippen molar-refractivity contribution < 1.29 is 82.2 Å². The zero-order valence-corrected chi connectivity index (χ0v) is 29.0. The van der Waals surface area contributed by atoms with Gasteiger partial charge in [-0.15, -0.1) is 0 Å². The molecule has 0 aliphatic carbocycles. The Labute approximate surface area is 294 Å². The van der Waals surface area contributed by atoms with Crippen LogP contribution in [0.4, 0.5) is 0 Å². The van der Waals surface area contributed by atoms with Gasteiger partial charge in [-0.25, -0.2) is 0 Å². The number of nitrogens with zero attached hydrogens (tertiary/aromatic N) is 3. The summed E-state index contributed by atoms with van der Waals surface area (Å²) >= 11 is 0. The standard InChI is InChI=1S/C28H37N5O8.2CH4O.Y/c34-24(29-15-22-7-3-1-4-8-22)17-32(20-27(38)39)13-11-31(19-26(36)37)12-14-33(21-28(40)41)18-25(35)30-16-23-9-5-2-6-10-23;2*1-2;/h1-10H,11-21H2,(H,29,34)(H,30,35)(H,36,37)(H,38,39)(H,40,41);2*2H,1H3;/q;;;+3/p-3. The van der Waals surface area contributed by atoms with Gasteiger partial charge in [-0.1, -0.05) is 60.7 Å². The van der Waals surface area contributed by atoms with Gasteiger partial charge in [0.25, 0.3) is 0 Å². The Kier molecular flexibility index (Phi) is 27.2. The van der Waals surface area contributed by atoms with Crippen molar-refractivity contribution in [1.82, 2.24) is 25.3 Å². The summed E-state index contributed by atoms with van der Waals surface area (Å²) in [4.78, 5) is 62.6. The number of carbonyl (C=O) groups excluding carboxylic acids is 5. The second kappa shape index (κ2) is 28.0. The predicted octanol–water partition coefficient (Wildman–Crippen LogP) is -5.01. The Hall–Kier alpha value is -3.31. The monoisotopic (exact) mass is 721 g/mol. The maximum atomic E-state index is 12.4. The quantitative estimate of drug-likeness (QED) is 0.101. The molecule has 250 valence electrons. The maximum Gasteiger partial charge on any atom is 3.00 e. The van der Waals surface area contributed by atoms with Crippen molar-refractivity contribution in [1.29, 1.82) is 0 Å². The van der Waals surface area contributed by atoms with Crippen LogP contribution in [0.1, 0.15) is 11.1 Å². The largest absolute Gasteiger partial charge is 3.00 e.